The van der Waals surface area contributed by atoms with Gasteiger partial charge in [0.1, 0.15) is 6.04 Å². The van der Waals surface area contributed by atoms with E-state index in [0.717, 1.165) is 12.8 Å². The highest BCUT2D eigenvalue weighted by Gasteiger charge is 2.51. The van der Waals surface area contributed by atoms with Crippen LogP contribution >= 0.6 is 0 Å². The third kappa shape index (κ3) is 3.56. The summed E-state index contributed by atoms with van der Waals surface area (Å²) in [5.74, 6) is -0.739. The molecule has 2 saturated heterocycles. The number of hydrogen-bond donors (Lipinski definition) is 0. The second-order valence-corrected chi connectivity index (χ2v) is 8.11. The predicted molar refractivity (Wildman–Crippen MR) is 97.1 cm³/mol. The zero-order chi connectivity index (χ0) is 18.8. The molecular formula is C20H30N2O4. The van der Waals surface area contributed by atoms with E-state index in [1.165, 1.54) is 4.90 Å². The van der Waals surface area contributed by atoms with Crippen LogP contribution in [0.1, 0.15) is 46.0 Å². The fourth-order valence-electron chi connectivity index (χ4n) is 4.42. The van der Waals surface area contributed by atoms with E-state index < -0.39 is 6.04 Å². The van der Waals surface area contributed by atoms with Gasteiger partial charge in [0.05, 0.1) is 17.9 Å². The molecule has 0 bridgehead atoms. The topological polar surface area (TPSA) is 66.9 Å². The van der Waals surface area contributed by atoms with Crippen molar-refractivity contribution in [3.63, 3.8) is 0 Å². The van der Waals surface area contributed by atoms with Crippen LogP contribution in [-0.4, -0.2) is 59.9 Å². The molecule has 6 nitrogen and oxygen atoms in total. The molecule has 3 rings (SSSR count). The quantitative estimate of drug-likeness (QED) is 0.554. The van der Waals surface area contributed by atoms with Crippen LogP contribution in [0.5, 0.6) is 0 Å². The van der Waals surface area contributed by atoms with Crippen molar-refractivity contribution >= 4 is 17.7 Å². The molecule has 2 fully saturated rings. The highest BCUT2D eigenvalue weighted by molar-refractivity contribution is 6.08. The van der Waals surface area contributed by atoms with Crippen molar-refractivity contribution in [2.24, 2.45) is 17.8 Å². The van der Waals surface area contributed by atoms with Crippen molar-refractivity contribution in [2.45, 2.75) is 58.1 Å². The number of amides is 3. The van der Waals surface area contributed by atoms with Crippen molar-refractivity contribution in [1.29, 1.82) is 0 Å². The number of rotatable bonds is 5. The Morgan fingerprint density at radius 1 is 1.12 bits per heavy atom. The lowest BCUT2D eigenvalue weighted by molar-refractivity contribution is -0.153. The number of nitrogens with zero attached hydrogens (tertiary/aromatic N) is 2. The van der Waals surface area contributed by atoms with Crippen molar-refractivity contribution in [3.05, 3.63) is 12.2 Å². The molecule has 3 aliphatic rings. The molecule has 26 heavy (non-hydrogen) atoms. The number of carbonyl (C=O) groups excluding carboxylic acids is 3. The first-order valence-electron chi connectivity index (χ1n) is 9.77. The van der Waals surface area contributed by atoms with Crippen LogP contribution in [0.4, 0.5) is 0 Å². The molecular weight excluding hydrogens is 332 g/mol. The molecule has 1 aliphatic carbocycles. The van der Waals surface area contributed by atoms with E-state index in [9.17, 15) is 14.4 Å². The summed E-state index contributed by atoms with van der Waals surface area (Å²) >= 11 is 0. The van der Waals surface area contributed by atoms with Crippen LogP contribution in [0.3, 0.4) is 0 Å². The number of methoxy groups -OCH3 is 1. The molecule has 3 atom stereocenters. The molecule has 0 N–H and O–H groups in total. The first-order valence-corrected chi connectivity index (χ1v) is 9.77. The second-order valence-electron chi connectivity index (χ2n) is 8.11. The van der Waals surface area contributed by atoms with Crippen molar-refractivity contribution < 1.29 is 19.1 Å². The Bertz CT molecular complexity index is 567. The first kappa shape index (κ1) is 19.1. The summed E-state index contributed by atoms with van der Waals surface area (Å²) in [7, 11) is 1.70. The monoisotopic (exact) mass is 362 g/mol. The van der Waals surface area contributed by atoms with E-state index in [-0.39, 0.29) is 41.6 Å². The van der Waals surface area contributed by atoms with Gasteiger partial charge < -0.3 is 9.64 Å². The van der Waals surface area contributed by atoms with Gasteiger partial charge in [0.25, 0.3) is 0 Å². The fourth-order valence-corrected chi connectivity index (χ4v) is 4.42. The molecule has 2 aliphatic heterocycles. The Morgan fingerprint density at radius 2 is 1.65 bits per heavy atom. The summed E-state index contributed by atoms with van der Waals surface area (Å²) in [5.41, 5.74) is 0. The Kier molecular flexibility index (Phi) is 5.80. The fraction of sp³-hybridized carbons (Fsp3) is 0.750. The number of allylic oxidation sites excluding steroid dienone is 2. The van der Waals surface area contributed by atoms with E-state index >= 15 is 0 Å². The molecule has 0 spiro atoms. The standard InChI is InChI=1S/C20H30N2O4/c1-13(2)12-17(20(25)21-10-8-14(26-3)9-11-21)22-18(23)15-6-4-5-7-16(15)19(22)24/h4-5,13-17H,6-12H2,1-3H3. The van der Waals surface area contributed by atoms with Gasteiger partial charge in [0.2, 0.25) is 17.7 Å². The normalized spacial score (nSPS) is 28.0. The number of ether oxygens (including phenoxy) is 1. The van der Waals surface area contributed by atoms with E-state index in [1.54, 1.807) is 7.11 Å². The summed E-state index contributed by atoms with van der Waals surface area (Å²) in [5, 5.41) is 0. The maximum Gasteiger partial charge on any atom is 0.245 e. The molecule has 2 heterocycles. The van der Waals surface area contributed by atoms with Crippen LogP contribution in [0.2, 0.25) is 0 Å². The van der Waals surface area contributed by atoms with Gasteiger partial charge in [0, 0.05) is 20.2 Å². The van der Waals surface area contributed by atoms with Gasteiger partial charge in [-0.1, -0.05) is 26.0 Å². The second kappa shape index (κ2) is 7.91. The Hall–Kier alpha value is -1.69. The summed E-state index contributed by atoms with van der Waals surface area (Å²) in [6.45, 7) is 5.29. The van der Waals surface area contributed by atoms with Gasteiger partial charge in [-0.3, -0.25) is 19.3 Å². The lowest BCUT2D eigenvalue weighted by Gasteiger charge is -2.36. The molecule has 3 amide bonds. The van der Waals surface area contributed by atoms with Crippen molar-refractivity contribution in [2.75, 3.05) is 20.2 Å². The smallest absolute Gasteiger partial charge is 0.245 e. The van der Waals surface area contributed by atoms with Crippen LogP contribution in [-0.2, 0) is 19.1 Å². The van der Waals surface area contributed by atoms with Gasteiger partial charge in [-0.2, -0.15) is 0 Å². The summed E-state index contributed by atoms with van der Waals surface area (Å²) in [6, 6.07) is -0.667. The highest BCUT2D eigenvalue weighted by atomic mass is 16.5. The average molecular weight is 362 g/mol. The minimum Gasteiger partial charge on any atom is -0.381 e. The van der Waals surface area contributed by atoms with E-state index in [1.807, 2.05) is 30.9 Å². The average Bonchev–Trinajstić information content (AvgIpc) is 2.90. The SMILES string of the molecule is COC1CCN(C(=O)C(CC(C)C)N2C(=O)C3CC=CCC3C2=O)CC1. The molecule has 0 radical (unpaired) electrons. The zero-order valence-electron chi connectivity index (χ0n) is 16.0. The first-order chi connectivity index (χ1) is 12.4. The van der Waals surface area contributed by atoms with Gasteiger partial charge >= 0.3 is 0 Å². The highest BCUT2D eigenvalue weighted by Crippen LogP contribution is 2.37. The number of carbonyl (C=O) groups is 3. The Labute approximate surface area is 155 Å². The lowest BCUT2D eigenvalue weighted by atomic mass is 9.85. The van der Waals surface area contributed by atoms with E-state index in [4.69, 9.17) is 4.74 Å². The van der Waals surface area contributed by atoms with E-state index in [0.29, 0.717) is 32.4 Å². The molecule has 0 aromatic heterocycles. The molecule has 3 unspecified atom stereocenters. The largest absolute Gasteiger partial charge is 0.381 e. The third-order valence-electron chi connectivity index (χ3n) is 5.92. The molecule has 0 aromatic carbocycles. The lowest BCUT2D eigenvalue weighted by Crippen LogP contribution is -2.53. The van der Waals surface area contributed by atoms with E-state index in [2.05, 4.69) is 0 Å². The Morgan fingerprint density at radius 3 is 2.12 bits per heavy atom. The minimum atomic E-state index is -0.667. The van der Waals surface area contributed by atoms with Gasteiger partial charge in [-0.25, -0.2) is 0 Å². The zero-order valence-corrected chi connectivity index (χ0v) is 16.0. The summed E-state index contributed by atoms with van der Waals surface area (Å²) in [6.07, 6.45) is 7.47. The summed E-state index contributed by atoms with van der Waals surface area (Å²) in [4.78, 5) is 42.2. The molecule has 0 saturated carbocycles. The third-order valence-corrected chi connectivity index (χ3v) is 5.92. The number of hydrogen-bond acceptors (Lipinski definition) is 4. The van der Waals surface area contributed by atoms with Crippen LogP contribution in [0, 0.1) is 17.8 Å². The molecule has 6 heteroatoms. The van der Waals surface area contributed by atoms with Crippen LogP contribution in [0.25, 0.3) is 0 Å². The Balaban J connectivity index is 1.79. The predicted octanol–water partition coefficient (Wildman–Crippen LogP) is 1.99. The number of fused-ring (bicyclic) bond motifs is 1. The maximum absolute atomic E-state index is 13.2. The number of imide groups is 1. The number of piperidine rings is 1. The summed E-state index contributed by atoms with van der Waals surface area (Å²) < 4.78 is 5.38. The van der Waals surface area contributed by atoms with Crippen molar-refractivity contribution in [3.8, 4) is 0 Å². The van der Waals surface area contributed by atoms with Gasteiger partial charge in [-0.15, -0.1) is 0 Å². The van der Waals surface area contributed by atoms with Crippen LogP contribution < -0.4 is 0 Å². The molecule has 0 aromatic rings. The number of likely N-dealkylation sites (tertiary alicyclic amines) is 2. The van der Waals surface area contributed by atoms with Crippen LogP contribution in [0.15, 0.2) is 12.2 Å². The van der Waals surface area contributed by atoms with Gasteiger partial charge in [0.15, 0.2) is 0 Å². The van der Waals surface area contributed by atoms with Crippen molar-refractivity contribution in [1.82, 2.24) is 9.80 Å². The maximum atomic E-state index is 13.2. The minimum absolute atomic E-state index is 0.0819. The molecule has 144 valence electrons. The van der Waals surface area contributed by atoms with Gasteiger partial charge in [-0.05, 0) is 38.0 Å².